The molecule has 13 heteroatoms. The van der Waals surface area contributed by atoms with E-state index in [1.807, 2.05) is 51.6 Å². The summed E-state index contributed by atoms with van der Waals surface area (Å²) < 4.78 is 15.4. The second-order valence-corrected chi connectivity index (χ2v) is 14.9. The zero-order chi connectivity index (χ0) is 40.1. The maximum absolute atomic E-state index is 13.1. The molecule has 0 saturated heterocycles. The predicted molar refractivity (Wildman–Crippen MR) is 222 cm³/mol. The number of hydrogen-bond acceptors (Lipinski definition) is 7. The molecule has 0 spiro atoms. The van der Waals surface area contributed by atoms with Gasteiger partial charge in [0.2, 0.25) is 10.9 Å². The Kier molecular flexibility index (Phi) is 12.3. The Bertz CT molecular complexity index is 2590. The fourth-order valence-electron chi connectivity index (χ4n) is 7.14. The molecular formula is C44H42Cl2N4O7. The summed E-state index contributed by atoms with van der Waals surface area (Å²) in [6.07, 6.45) is 6.32. The van der Waals surface area contributed by atoms with Crippen molar-refractivity contribution in [3.63, 3.8) is 0 Å². The highest BCUT2D eigenvalue weighted by Crippen LogP contribution is 2.31. The van der Waals surface area contributed by atoms with Gasteiger partial charge in [-0.25, -0.2) is 0 Å². The molecule has 8 rings (SSSR count). The van der Waals surface area contributed by atoms with Crippen LogP contribution in [0, 0.1) is 0 Å². The van der Waals surface area contributed by atoms with Gasteiger partial charge in [-0.3, -0.25) is 19.2 Å². The Hall–Kier alpha value is -5.62. The predicted octanol–water partition coefficient (Wildman–Crippen LogP) is 6.83. The first-order valence-electron chi connectivity index (χ1n) is 19.0. The van der Waals surface area contributed by atoms with Crippen LogP contribution in [0.4, 0.5) is 0 Å². The topological polar surface area (TPSA) is 141 Å². The molecule has 11 nitrogen and oxygen atoms in total. The van der Waals surface area contributed by atoms with Crippen molar-refractivity contribution in [3.8, 4) is 11.5 Å². The molecule has 2 aliphatic rings. The molecule has 2 aromatic heterocycles. The van der Waals surface area contributed by atoms with E-state index in [0.29, 0.717) is 84.3 Å². The molecule has 294 valence electrons. The number of ether oxygens (including phenoxy) is 2. The largest absolute Gasteiger partial charge is 0.490 e. The Morgan fingerprint density at radius 1 is 0.667 bits per heavy atom. The number of hydrogen-bond donors (Lipinski definition) is 3. The third kappa shape index (κ3) is 8.86. The normalized spacial score (nSPS) is 12.6. The third-order valence-corrected chi connectivity index (χ3v) is 10.5. The lowest BCUT2D eigenvalue weighted by atomic mass is 10.0. The number of aromatic nitrogens is 2. The Labute approximate surface area is 338 Å². The second-order valence-electron chi connectivity index (χ2n) is 14.0. The molecular weight excluding hydrogens is 767 g/mol. The van der Waals surface area contributed by atoms with Crippen molar-refractivity contribution < 1.29 is 24.2 Å². The van der Waals surface area contributed by atoms with Gasteiger partial charge in [-0.05, 0) is 90.0 Å². The number of carbonyl (C=O) groups excluding carboxylic acids is 2. The summed E-state index contributed by atoms with van der Waals surface area (Å²) in [5, 5.41) is 17.0. The van der Waals surface area contributed by atoms with Gasteiger partial charge in [-0.1, -0.05) is 60.8 Å². The second kappa shape index (κ2) is 17.7. The fraction of sp³-hybridized carbons (Fsp3) is 0.273. The number of amides is 2. The Morgan fingerprint density at radius 2 is 1.11 bits per heavy atom. The minimum absolute atomic E-state index is 0.0750. The minimum Gasteiger partial charge on any atom is -0.490 e. The highest BCUT2D eigenvalue weighted by molar-refractivity contribution is 6.30. The van der Waals surface area contributed by atoms with Crippen LogP contribution >= 0.6 is 23.2 Å². The number of rotatable bonds is 11. The molecule has 0 atom stereocenters. The van der Waals surface area contributed by atoms with Crippen LogP contribution in [-0.4, -0.2) is 45.9 Å². The average molecular weight is 810 g/mol. The summed E-state index contributed by atoms with van der Waals surface area (Å²) in [5.74, 6) is 0.577. The summed E-state index contributed by atoms with van der Waals surface area (Å²) in [6.45, 7) is 4.97. The highest BCUT2D eigenvalue weighted by Gasteiger charge is 2.23. The number of nitrogens with zero attached hydrogens (tertiary/aromatic N) is 2. The van der Waals surface area contributed by atoms with E-state index in [0.717, 1.165) is 46.4 Å². The molecule has 0 aliphatic carbocycles. The number of aryl methyl sites for hydroxylation is 2. The molecule has 2 amide bonds. The molecule has 3 N–H and O–H groups in total. The summed E-state index contributed by atoms with van der Waals surface area (Å²) in [5.41, 5.74) is 4.94. The van der Waals surface area contributed by atoms with Crippen molar-refractivity contribution in [2.24, 2.45) is 0 Å². The lowest BCUT2D eigenvalue weighted by molar-refractivity contribution is 0.0941. The molecule has 4 aromatic carbocycles. The quantitative estimate of drug-likeness (QED) is 0.130. The first kappa shape index (κ1) is 39.6. The maximum Gasteiger partial charge on any atom is 0.257 e. The van der Waals surface area contributed by atoms with Crippen LogP contribution in [0.15, 0.2) is 94.8 Å². The first-order valence-corrected chi connectivity index (χ1v) is 19.7. The standard InChI is InChI=1S/C22H21ClN2O4.C22H21ClN2O3/c23-16-5-3-14(4-6-16)12-24-22(28)18-13-25-7-9-29-19-11-15(2-1-8-26)10-17(20(19)25)21(18)27;1-2-3-15-10-17-20-19(11-15)28-9-8-25(20)13-18(21(17)26)22(27)24-12-14-4-6-16(23)7-5-14/h3-6,10-11,13,26H,1-2,7-9,12H2,(H,24,28);4-7,10-11,13H,2-3,8-9,12H2,1H3,(H,24,27). The van der Waals surface area contributed by atoms with Gasteiger partial charge in [0, 0.05) is 42.1 Å². The Morgan fingerprint density at radius 3 is 1.53 bits per heavy atom. The van der Waals surface area contributed by atoms with Crippen molar-refractivity contribution in [1.82, 2.24) is 19.8 Å². The van der Waals surface area contributed by atoms with Gasteiger partial charge < -0.3 is 34.3 Å². The van der Waals surface area contributed by atoms with Crippen LogP contribution in [0.25, 0.3) is 21.8 Å². The zero-order valence-corrected chi connectivity index (χ0v) is 32.9. The van der Waals surface area contributed by atoms with E-state index in [-0.39, 0.29) is 34.5 Å². The summed E-state index contributed by atoms with van der Waals surface area (Å²) >= 11 is 11.8. The van der Waals surface area contributed by atoms with E-state index in [4.69, 9.17) is 37.8 Å². The molecule has 4 heterocycles. The number of pyridine rings is 2. The molecule has 6 aromatic rings. The van der Waals surface area contributed by atoms with E-state index < -0.39 is 5.91 Å². The van der Waals surface area contributed by atoms with Crippen LogP contribution < -0.4 is 31.0 Å². The average Bonchev–Trinajstić information content (AvgIpc) is 3.22. The number of carbonyl (C=O) groups is 2. The zero-order valence-electron chi connectivity index (χ0n) is 31.4. The molecule has 0 bridgehead atoms. The van der Waals surface area contributed by atoms with Crippen molar-refractivity contribution in [3.05, 3.63) is 149 Å². The number of aliphatic hydroxyl groups excluding tert-OH is 1. The summed E-state index contributed by atoms with van der Waals surface area (Å²) in [7, 11) is 0. The van der Waals surface area contributed by atoms with Gasteiger partial charge in [0.25, 0.3) is 11.8 Å². The smallest absolute Gasteiger partial charge is 0.257 e. The van der Waals surface area contributed by atoms with Crippen molar-refractivity contribution in [1.29, 1.82) is 0 Å². The van der Waals surface area contributed by atoms with Crippen LogP contribution in [0.3, 0.4) is 0 Å². The van der Waals surface area contributed by atoms with E-state index in [2.05, 4.69) is 17.6 Å². The number of nitrogens with one attached hydrogen (secondary N) is 2. The van der Waals surface area contributed by atoms with Gasteiger partial charge in [-0.2, -0.15) is 0 Å². The lowest BCUT2D eigenvalue weighted by Gasteiger charge is -2.22. The minimum atomic E-state index is -0.413. The molecule has 0 unspecified atom stereocenters. The van der Waals surface area contributed by atoms with E-state index in [9.17, 15) is 19.2 Å². The van der Waals surface area contributed by atoms with Gasteiger partial charge in [0.05, 0.1) is 34.9 Å². The van der Waals surface area contributed by atoms with Crippen LogP contribution in [-0.2, 0) is 39.0 Å². The van der Waals surface area contributed by atoms with E-state index >= 15 is 0 Å². The SMILES string of the molecule is CCCc1cc2c3c(c1)c(=O)c(C(=O)NCc1ccc(Cl)cc1)cn3CCO2.O=C(NCc1ccc(Cl)cc1)c1cn2c3c(cc(CCCO)cc3c1=O)OCC2. The summed E-state index contributed by atoms with van der Waals surface area (Å²) in [6, 6.07) is 22.0. The van der Waals surface area contributed by atoms with Gasteiger partial charge in [0.1, 0.15) is 35.8 Å². The van der Waals surface area contributed by atoms with Gasteiger partial charge in [-0.15, -0.1) is 0 Å². The van der Waals surface area contributed by atoms with Crippen LogP contribution in [0.5, 0.6) is 11.5 Å². The highest BCUT2D eigenvalue weighted by atomic mass is 35.5. The lowest BCUT2D eigenvalue weighted by Crippen LogP contribution is -2.30. The van der Waals surface area contributed by atoms with Crippen molar-refractivity contribution in [2.45, 2.75) is 58.8 Å². The van der Waals surface area contributed by atoms with Crippen LogP contribution in [0.1, 0.15) is 62.7 Å². The van der Waals surface area contributed by atoms with Crippen LogP contribution in [0.2, 0.25) is 10.0 Å². The van der Waals surface area contributed by atoms with E-state index in [1.54, 1.807) is 42.7 Å². The van der Waals surface area contributed by atoms with E-state index in [1.165, 1.54) is 0 Å². The van der Waals surface area contributed by atoms with Crippen molar-refractivity contribution >= 4 is 56.8 Å². The molecule has 2 aliphatic heterocycles. The monoisotopic (exact) mass is 808 g/mol. The number of aliphatic hydroxyl groups is 1. The van der Waals surface area contributed by atoms with Gasteiger partial charge >= 0.3 is 0 Å². The maximum atomic E-state index is 13.1. The Balaban J connectivity index is 0.000000174. The van der Waals surface area contributed by atoms with Gasteiger partial charge in [0.15, 0.2) is 0 Å². The van der Waals surface area contributed by atoms with Crippen molar-refractivity contribution in [2.75, 3.05) is 19.8 Å². The number of benzene rings is 4. The summed E-state index contributed by atoms with van der Waals surface area (Å²) in [4.78, 5) is 51.7. The molecule has 57 heavy (non-hydrogen) atoms. The fourth-order valence-corrected chi connectivity index (χ4v) is 7.39. The molecule has 0 fully saturated rings. The third-order valence-electron chi connectivity index (χ3n) is 9.96. The molecule has 0 saturated carbocycles. The number of halogens is 2. The molecule has 0 radical (unpaired) electrons. The first-order chi connectivity index (χ1) is 27.6.